The predicted molar refractivity (Wildman–Crippen MR) is 50.6 cm³/mol. The minimum absolute atomic E-state index is 0.503. The van der Waals surface area contributed by atoms with Crippen LogP contribution in [0.4, 0.5) is 0 Å². The molecule has 0 amide bonds. The summed E-state index contributed by atoms with van der Waals surface area (Å²) in [5.74, 6) is 0.615. The Bertz CT molecular complexity index is 252. The standard InChI is InChI=1S/C9H15N3O/c1-2-3-8-6-9(12-7-11-8)13-5-4-10/h6-7H,2-5,10H2,1H3. The minimum Gasteiger partial charge on any atom is -0.476 e. The number of aryl methyl sites for hydroxylation is 1. The van der Waals surface area contributed by atoms with Crippen LogP contribution in [0.5, 0.6) is 5.88 Å². The van der Waals surface area contributed by atoms with Crippen LogP contribution in [0, 0.1) is 0 Å². The fourth-order valence-electron chi connectivity index (χ4n) is 1.01. The van der Waals surface area contributed by atoms with E-state index in [4.69, 9.17) is 10.5 Å². The first kappa shape index (κ1) is 9.92. The average Bonchev–Trinajstić information content (AvgIpc) is 2.16. The third kappa shape index (κ3) is 3.38. The van der Waals surface area contributed by atoms with Gasteiger partial charge in [0.2, 0.25) is 5.88 Å². The predicted octanol–water partition coefficient (Wildman–Crippen LogP) is 0.767. The zero-order chi connectivity index (χ0) is 9.52. The van der Waals surface area contributed by atoms with Crippen molar-refractivity contribution >= 4 is 0 Å². The molecule has 0 bridgehead atoms. The number of hydrogen-bond acceptors (Lipinski definition) is 4. The highest BCUT2D eigenvalue weighted by molar-refractivity contribution is 5.13. The molecule has 0 unspecified atom stereocenters. The van der Waals surface area contributed by atoms with Gasteiger partial charge in [-0.1, -0.05) is 13.3 Å². The minimum atomic E-state index is 0.503. The van der Waals surface area contributed by atoms with Crippen molar-refractivity contribution in [3.05, 3.63) is 18.1 Å². The summed E-state index contributed by atoms with van der Waals surface area (Å²) in [6.45, 7) is 3.12. The third-order valence-electron chi connectivity index (χ3n) is 1.57. The molecular weight excluding hydrogens is 166 g/mol. The molecule has 4 heteroatoms. The molecule has 0 spiro atoms. The van der Waals surface area contributed by atoms with Crippen molar-refractivity contribution in [3.63, 3.8) is 0 Å². The van der Waals surface area contributed by atoms with Gasteiger partial charge >= 0.3 is 0 Å². The molecule has 1 aromatic heterocycles. The second-order valence-corrected chi connectivity index (χ2v) is 2.73. The Hall–Kier alpha value is -1.16. The topological polar surface area (TPSA) is 61.0 Å². The molecule has 0 saturated carbocycles. The summed E-state index contributed by atoms with van der Waals surface area (Å²) in [5, 5.41) is 0. The molecule has 13 heavy (non-hydrogen) atoms. The van der Waals surface area contributed by atoms with Crippen molar-refractivity contribution in [2.24, 2.45) is 5.73 Å². The van der Waals surface area contributed by atoms with Gasteiger partial charge < -0.3 is 10.5 Å². The Morgan fingerprint density at radius 1 is 1.46 bits per heavy atom. The van der Waals surface area contributed by atoms with E-state index in [1.54, 1.807) is 0 Å². The van der Waals surface area contributed by atoms with Crippen LogP contribution in [0.2, 0.25) is 0 Å². The molecule has 0 aliphatic carbocycles. The molecule has 4 nitrogen and oxygen atoms in total. The maximum absolute atomic E-state index is 5.30. The lowest BCUT2D eigenvalue weighted by Gasteiger charge is -2.03. The first-order valence-corrected chi connectivity index (χ1v) is 4.50. The molecule has 0 atom stereocenters. The van der Waals surface area contributed by atoms with Crippen LogP contribution in [0.1, 0.15) is 19.0 Å². The summed E-state index contributed by atoms with van der Waals surface area (Å²) in [5.41, 5.74) is 6.32. The van der Waals surface area contributed by atoms with Gasteiger partial charge in [-0.3, -0.25) is 0 Å². The summed E-state index contributed by atoms with van der Waals surface area (Å²) in [7, 11) is 0. The Kier molecular flexibility index (Phi) is 4.18. The molecule has 0 fully saturated rings. The Morgan fingerprint density at radius 2 is 2.31 bits per heavy atom. The highest BCUT2D eigenvalue weighted by Gasteiger charge is 1.97. The van der Waals surface area contributed by atoms with Gasteiger partial charge in [-0.05, 0) is 6.42 Å². The fraction of sp³-hybridized carbons (Fsp3) is 0.556. The number of hydrogen-bond donors (Lipinski definition) is 1. The second kappa shape index (κ2) is 5.48. The molecule has 1 heterocycles. The molecule has 1 aromatic rings. The lowest BCUT2D eigenvalue weighted by molar-refractivity contribution is 0.314. The largest absolute Gasteiger partial charge is 0.476 e. The fourth-order valence-corrected chi connectivity index (χ4v) is 1.01. The van der Waals surface area contributed by atoms with Crippen molar-refractivity contribution in [1.29, 1.82) is 0 Å². The van der Waals surface area contributed by atoms with Gasteiger partial charge in [0, 0.05) is 18.3 Å². The lowest BCUT2D eigenvalue weighted by Crippen LogP contribution is -2.11. The molecule has 1 rings (SSSR count). The summed E-state index contributed by atoms with van der Waals surface area (Å²) < 4.78 is 5.27. The molecule has 0 radical (unpaired) electrons. The summed E-state index contributed by atoms with van der Waals surface area (Å²) in [6, 6.07) is 1.86. The van der Waals surface area contributed by atoms with E-state index in [0.29, 0.717) is 19.0 Å². The van der Waals surface area contributed by atoms with Crippen LogP contribution in [-0.2, 0) is 6.42 Å². The monoisotopic (exact) mass is 181 g/mol. The zero-order valence-corrected chi connectivity index (χ0v) is 7.86. The van der Waals surface area contributed by atoms with Crippen molar-refractivity contribution in [2.75, 3.05) is 13.2 Å². The quantitative estimate of drug-likeness (QED) is 0.728. The first-order valence-electron chi connectivity index (χ1n) is 4.50. The summed E-state index contributed by atoms with van der Waals surface area (Å²) in [4.78, 5) is 8.09. The van der Waals surface area contributed by atoms with Crippen molar-refractivity contribution in [1.82, 2.24) is 9.97 Å². The van der Waals surface area contributed by atoms with E-state index < -0.39 is 0 Å². The van der Waals surface area contributed by atoms with Crippen LogP contribution in [0.3, 0.4) is 0 Å². The molecule has 2 N–H and O–H groups in total. The van der Waals surface area contributed by atoms with Crippen molar-refractivity contribution in [2.45, 2.75) is 19.8 Å². The molecule has 0 aromatic carbocycles. The second-order valence-electron chi connectivity index (χ2n) is 2.73. The van der Waals surface area contributed by atoms with Crippen molar-refractivity contribution < 1.29 is 4.74 Å². The number of ether oxygens (including phenoxy) is 1. The van der Waals surface area contributed by atoms with Crippen LogP contribution in [0.15, 0.2) is 12.4 Å². The number of aromatic nitrogens is 2. The van der Waals surface area contributed by atoms with Gasteiger partial charge in [-0.25, -0.2) is 9.97 Å². The normalized spacial score (nSPS) is 10.0. The molecular formula is C9H15N3O. The number of nitrogens with two attached hydrogens (primary N) is 1. The first-order chi connectivity index (χ1) is 6.36. The maximum atomic E-state index is 5.30. The van der Waals surface area contributed by atoms with Crippen molar-refractivity contribution in [3.8, 4) is 5.88 Å². The smallest absolute Gasteiger partial charge is 0.216 e. The Labute approximate surface area is 78.1 Å². The Balaban J connectivity index is 2.56. The SMILES string of the molecule is CCCc1cc(OCCN)ncn1. The Morgan fingerprint density at radius 3 is 3.00 bits per heavy atom. The van der Waals surface area contributed by atoms with E-state index in [9.17, 15) is 0 Å². The van der Waals surface area contributed by atoms with E-state index in [-0.39, 0.29) is 0 Å². The summed E-state index contributed by atoms with van der Waals surface area (Å²) >= 11 is 0. The van der Waals surface area contributed by atoms with Gasteiger partial charge in [0.05, 0.1) is 0 Å². The zero-order valence-electron chi connectivity index (χ0n) is 7.86. The van der Waals surface area contributed by atoms with Gasteiger partial charge in [-0.15, -0.1) is 0 Å². The summed E-state index contributed by atoms with van der Waals surface area (Å²) in [6.07, 6.45) is 3.56. The molecule has 0 aliphatic heterocycles. The van der Waals surface area contributed by atoms with Crippen LogP contribution < -0.4 is 10.5 Å². The van der Waals surface area contributed by atoms with E-state index >= 15 is 0 Å². The van der Waals surface area contributed by atoms with Gasteiger partial charge in [0.1, 0.15) is 12.9 Å². The highest BCUT2D eigenvalue weighted by atomic mass is 16.5. The van der Waals surface area contributed by atoms with E-state index in [0.717, 1.165) is 18.5 Å². The van der Waals surface area contributed by atoms with Crippen LogP contribution in [-0.4, -0.2) is 23.1 Å². The number of nitrogens with zero attached hydrogens (tertiary/aromatic N) is 2. The maximum Gasteiger partial charge on any atom is 0.216 e. The molecule has 0 saturated heterocycles. The van der Waals surface area contributed by atoms with E-state index in [2.05, 4.69) is 16.9 Å². The van der Waals surface area contributed by atoms with Gasteiger partial charge in [0.25, 0.3) is 0 Å². The van der Waals surface area contributed by atoms with Gasteiger partial charge in [-0.2, -0.15) is 0 Å². The van der Waals surface area contributed by atoms with Crippen LogP contribution in [0.25, 0.3) is 0 Å². The van der Waals surface area contributed by atoms with Crippen LogP contribution >= 0.6 is 0 Å². The van der Waals surface area contributed by atoms with E-state index in [1.807, 2.05) is 6.07 Å². The third-order valence-corrected chi connectivity index (χ3v) is 1.57. The number of rotatable bonds is 5. The lowest BCUT2D eigenvalue weighted by atomic mass is 10.2. The molecule has 72 valence electrons. The van der Waals surface area contributed by atoms with Gasteiger partial charge in [0.15, 0.2) is 0 Å². The molecule has 0 aliphatic rings. The highest BCUT2D eigenvalue weighted by Crippen LogP contribution is 2.07. The van der Waals surface area contributed by atoms with E-state index in [1.165, 1.54) is 6.33 Å². The average molecular weight is 181 g/mol.